The summed E-state index contributed by atoms with van der Waals surface area (Å²) in [5.74, 6) is 1.69. The highest BCUT2D eigenvalue weighted by Crippen LogP contribution is 2.60. The van der Waals surface area contributed by atoms with Gasteiger partial charge in [0.05, 0.1) is 14.2 Å². The van der Waals surface area contributed by atoms with Crippen molar-refractivity contribution >= 4 is 59.0 Å². The Morgan fingerprint density at radius 3 is 1.31 bits per heavy atom. The van der Waals surface area contributed by atoms with E-state index in [-0.39, 0.29) is 0 Å². The normalized spacial score (nSPS) is 11.9. The van der Waals surface area contributed by atoms with E-state index >= 15 is 0 Å². The van der Waals surface area contributed by atoms with Crippen LogP contribution in [0.25, 0.3) is 87.6 Å². The highest BCUT2D eigenvalue weighted by atomic mass is 79.9. The Kier molecular flexibility index (Phi) is 5.81. The van der Waals surface area contributed by atoms with Crippen LogP contribution in [0.15, 0.2) is 132 Å². The topological polar surface area (TPSA) is 18.5 Å². The molecule has 3 heteroatoms. The summed E-state index contributed by atoms with van der Waals surface area (Å²) in [7, 11) is 3.45. The molecule has 0 unspecified atom stereocenters. The van der Waals surface area contributed by atoms with Crippen molar-refractivity contribution < 1.29 is 9.47 Å². The molecular formula is C42H27BrO2. The maximum atomic E-state index is 5.60. The lowest BCUT2D eigenvalue weighted by atomic mass is 9.79. The predicted molar refractivity (Wildman–Crippen MR) is 193 cm³/mol. The number of halogens is 1. The summed E-state index contributed by atoms with van der Waals surface area (Å²) in [5, 5.41) is 10.1. The summed E-state index contributed by atoms with van der Waals surface area (Å²) in [4.78, 5) is 0. The van der Waals surface area contributed by atoms with E-state index in [4.69, 9.17) is 9.47 Å². The first-order chi connectivity index (χ1) is 22.2. The molecule has 1 aliphatic rings. The second-order valence-corrected chi connectivity index (χ2v) is 12.5. The first-order valence-electron chi connectivity index (χ1n) is 15.1. The summed E-state index contributed by atoms with van der Waals surface area (Å²) in [6, 6.07) is 46.1. The second kappa shape index (κ2) is 9.95. The van der Waals surface area contributed by atoms with Gasteiger partial charge in [0.2, 0.25) is 0 Å². The molecule has 9 rings (SSSR count). The van der Waals surface area contributed by atoms with Crippen LogP contribution < -0.4 is 9.47 Å². The third kappa shape index (κ3) is 3.68. The van der Waals surface area contributed by atoms with Crippen LogP contribution in [0.5, 0.6) is 11.5 Å². The molecule has 0 N–H and O–H groups in total. The Bertz CT molecular complexity index is 2350. The van der Waals surface area contributed by atoms with Crippen LogP contribution >= 0.6 is 15.9 Å². The number of hydrogen-bond donors (Lipinski definition) is 0. The number of methoxy groups -OCH3 is 2. The summed E-state index contributed by atoms with van der Waals surface area (Å²) in [5.41, 5.74) is 9.92. The van der Waals surface area contributed by atoms with Gasteiger partial charge in [-0.25, -0.2) is 0 Å². The zero-order chi connectivity index (χ0) is 30.2. The van der Waals surface area contributed by atoms with Gasteiger partial charge in [0.25, 0.3) is 0 Å². The Balaban J connectivity index is 1.62. The van der Waals surface area contributed by atoms with E-state index in [1.807, 2.05) is 0 Å². The minimum absolute atomic E-state index is 0.846. The van der Waals surface area contributed by atoms with Crippen LogP contribution in [0.4, 0.5) is 0 Å². The lowest BCUT2D eigenvalue weighted by molar-refractivity contribution is 0.415. The molecule has 0 bridgehead atoms. The molecule has 214 valence electrons. The Morgan fingerprint density at radius 1 is 0.378 bits per heavy atom. The first-order valence-corrected chi connectivity index (χ1v) is 15.9. The minimum atomic E-state index is 0.846. The van der Waals surface area contributed by atoms with Crippen molar-refractivity contribution in [2.24, 2.45) is 0 Å². The van der Waals surface area contributed by atoms with Crippen molar-refractivity contribution in [3.05, 3.63) is 132 Å². The average Bonchev–Trinajstić information content (AvgIpc) is 3.44. The fourth-order valence-corrected chi connectivity index (χ4v) is 8.04. The largest absolute Gasteiger partial charge is 0.497 e. The monoisotopic (exact) mass is 642 g/mol. The number of rotatable bonds is 4. The van der Waals surface area contributed by atoms with Gasteiger partial charge in [0.15, 0.2) is 0 Å². The molecule has 0 heterocycles. The molecule has 0 aliphatic heterocycles. The van der Waals surface area contributed by atoms with Gasteiger partial charge in [-0.1, -0.05) is 113 Å². The van der Waals surface area contributed by atoms with Gasteiger partial charge in [-0.15, -0.1) is 0 Å². The van der Waals surface area contributed by atoms with Crippen molar-refractivity contribution in [2.75, 3.05) is 14.2 Å². The first kappa shape index (κ1) is 26.3. The zero-order valence-corrected chi connectivity index (χ0v) is 26.4. The van der Waals surface area contributed by atoms with Gasteiger partial charge in [0.1, 0.15) is 11.5 Å². The Morgan fingerprint density at radius 2 is 0.822 bits per heavy atom. The summed E-state index contributed by atoms with van der Waals surface area (Å²) < 4.78 is 12.3. The molecule has 0 amide bonds. The number of benzene rings is 8. The number of fused-ring (bicyclic) bond motifs is 9. The van der Waals surface area contributed by atoms with E-state index < -0.39 is 0 Å². The Labute approximate surface area is 269 Å². The van der Waals surface area contributed by atoms with Crippen molar-refractivity contribution in [1.82, 2.24) is 0 Å². The Hall–Kier alpha value is -5.12. The fraction of sp³-hybridized carbons (Fsp3) is 0.0476. The summed E-state index contributed by atoms with van der Waals surface area (Å²) >= 11 is 3.88. The standard InChI is InChI=1S/C42H27BrO2/c1-44-26-18-14-24(15-19-26)36-39-30-10-5-3-8-28(30)29-9-4-6-11-31(29)40(39)37(25-16-20-27(45-2)21-17-25)42-34-22-23-35(43)32-12-7-13-33(38(32)34)41(36)42/h3-23H,1-2H3. The van der Waals surface area contributed by atoms with E-state index in [0.717, 1.165) is 16.0 Å². The van der Waals surface area contributed by atoms with Gasteiger partial charge in [-0.2, -0.15) is 0 Å². The third-order valence-electron chi connectivity index (χ3n) is 9.47. The van der Waals surface area contributed by atoms with Gasteiger partial charge in [-0.3, -0.25) is 0 Å². The van der Waals surface area contributed by atoms with E-state index in [2.05, 4.69) is 143 Å². The van der Waals surface area contributed by atoms with Gasteiger partial charge >= 0.3 is 0 Å². The highest BCUT2D eigenvalue weighted by Gasteiger charge is 2.32. The van der Waals surface area contributed by atoms with E-state index in [1.165, 1.54) is 87.6 Å². The molecule has 1 aliphatic carbocycles. The molecule has 0 fully saturated rings. The van der Waals surface area contributed by atoms with Crippen LogP contribution in [0, 0.1) is 0 Å². The van der Waals surface area contributed by atoms with Crippen molar-refractivity contribution in [3.63, 3.8) is 0 Å². The minimum Gasteiger partial charge on any atom is -0.497 e. The molecule has 0 spiro atoms. The van der Waals surface area contributed by atoms with Gasteiger partial charge in [0, 0.05) is 4.47 Å². The van der Waals surface area contributed by atoms with Gasteiger partial charge in [-0.05, 0) is 118 Å². The van der Waals surface area contributed by atoms with E-state index in [1.54, 1.807) is 14.2 Å². The van der Waals surface area contributed by atoms with Crippen LogP contribution in [-0.4, -0.2) is 14.2 Å². The van der Waals surface area contributed by atoms with Crippen molar-refractivity contribution in [2.45, 2.75) is 0 Å². The molecule has 0 atom stereocenters. The quantitative estimate of drug-likeness (QED) is 0.178. The lowest BCUT2D eigenvalue weighted by Gasteiger charge is -2.23. The highest BCUT2D eigenvalue weighted by molar-refractivity contribution is 9.10. The van der Waals surface area contributed by atoms with E-state index in [0.29, 0.717) is 0 Å². The molecule has 0 saturated carbocycles. The van der Waals surface area contributed by atoms with Crippen molar-refractivity contribution in [1.29, 1.82) is 0 Å². The van der Waals surface area contributed by atoms with E-state index in [9.17, 15) is 0 Å². The maximum absolute atomic E-state index is 5.60. The second-order valence-electron chi connectivity index (χ2n) is 11.6. The van der Waals surface area contributed by atoms with Crippen molar-refractivity contribution in [3.8, 4) is 56.0 Å². The average molecular weight is 644 g/mol. The third-order valence-corrected chi connectivity index (χ3v) is 10.2. The predicted octanol–water partition coefficient (Wildman–Crippen LogP) is 12.1. The number of ether oxygens (including phenoxy) is 2. The SMILES string of the molecule is COc1ccc(-c2c3c(c(-c4ccc(OC)cc4)c4c5ccccc5c5ccccc5c24)-c2ccc(Br)c4cccc-3c24)cc1. The molecular weight excluding hydrogens is 616 g/mol. The molecule has 8 aromatic carbocycles. The molecule has 0 radical (unpaired) electrons. The smallest absolute Gasteiger partial charge is 0.118 e. The molecule has 8 aromatic rings. The van der Waals surface area contributed by atoms with Gasteiger partial charge < -0.3 is 9.47 Å². The lowest BCUT2D eigenvalue weighted by Crippen LogP contribution is -1.96. The molecule has 0 aromatic heterocycles. The molecule has 45 heavy (non-hydrogen) atoms. The number of hydrogen-bond acceptors (Lipinski definition) is 2. The van der Waals surface area contributed by atoms with Crippen LogP contribution in [0.2, 0.25) is 0 Å². The molecule has 2 nitrogen and oxygen atoms in total. The fourth-order valence-electron chi connectivity index (χ4n) is 7.58. The van der Waals surface area contributed by atoms with Crippen LogP contribution in [0.3, 0.4) is 0 Å². The maximum Gasteiger partial charge on any atom is 0.118 e. The molecule has 0 saturated heterocycles. The van der Waals surface area contributed by atoms with Crippen LogP contribution in [-0.2, 0) is 0 Å². The summed E-state index contributed by atoms with van der Waals surface area (Å²) in [6.45, 7) is 0. The summed E-state index contributed by atoms with van der Waals surface area (Å²) in [6.07, 6.45) is 0. The van der Waals surface area contributed by atoms with Crippen LogP contribution in [0.1, 0.15) is 0 Å². The zero-order valence-electron chi connectivity index (χ0n) is 24.8.